The van der Waals surface area contributed by atoms with Crippen LogP contribution in [0.5, 0.6) is 5.75 Å². The molecular weight excluding hydrogens is 535 g/mol. The number of halogens is 3. The van der Waals surface area contributed by atoms with Gasteiger partial charge in [0.2, 0.25) is 5.95 Å². The Labute approximate surface area is 235 Å². The molecule has 0 aliphatic heterocycles. The molecule has 3 aromatic rings. The molecule has 11 heteroatoms. The van der Waals surface area contributed by atoms with E-state index in [2.05, 4.69) is 35.4 Å². The topological polar surface area (TPSA) is 65.4 Å². The Hall–Kier alpha value is -2.53. The molecule has 0 unspecified atom stereocenters. The number of methoxy groups -OCH3 is 1. The minimum Gasteiger partial charge on any atom is -0.469 e. The van der Waals surface area contributed by atoms with Gasteiger partial charge in [-0.1, -0.05) is 26.8 Å². The lowest BCUT2D eigenvalue weighted by Gasteiger charge is -2.40. The third-order valence-corrected chi connectivity index (χ3v) is 6.67. The van der Waals surface area contributed by atoms with Gasteiger partial charge in [-0.25, -0.2) is 4.98 Å². The molecule has 0 saturated heterocycles. The first-order valence-electron chi connectivity index (χ1n) is 12.1. The quantitative estimate of drug-likeness (QED) is 0.300. The number of alkyl halides is 3. The first-order chi connectivity index (χ1) is 16.9. The fraction of sp³-hybridized carbons (Fsp3) is 0.481. The Bertz CT molecular complexity index is 1230. The lowest BCUT2D eigenvalue weighted by molar-refractivity contribution is -0.274. The van der Waals surface area contributed by atoms with Gasteiger partial charge in [-0.15, -0.1) is 13.2 Å². The molecule has 2 atom stereocenters. The number of ether oxygens (including phenoxy) is 2. The average molecular weight is 572 g/mol. The summed E-state index contributed by atoms with van der Waals surface area (Å²) in [6.07, 6.45) is -0.761. The maximum absolute atomic E-state index is 12.5. The summed E-state index contributed by atoms with van der Waals surface area (Å²) in [5.41, 5.74) is 3.54. The molecule has 38 heavy (non-hydrogen) atoms. The van der Waals surface area contributed by atoms with Gasteiger partial charge in [0, 0.05) is 18.2 Å². The van der Waals surface area contributed by atoms with Gasteiger partial charge in [0.25, 0.3) is 0 Å². The fourth-order valence-electron chi connectivity index (χ4n) is 5.47. The van der Waals surface area contributed by atoms with Gasteiger partial charge in [0.05, 0.1) is 18.1 Å². The van der Waals surface area contributed by atoms with E-state index in [4.69, 9.17) is 9.72 Å². The van der Waals surface area contributed by atoms with E-state index in [1.54, 1.807) is 12.1 Å². The number of benzene rings is 2. The monoisotopic (exact) mass is 571 g/mol. The molecule has 0 bridgehead atoms. The summed E-state index contributed by atoms with van der Waals surface area (Å²) in [4.78, 5) is 16.5. The van der Waals surface area contributed by atoms with Crippen molar-refractivity contribution in [2.24, 2.45) is 11.3 Å². The van der Waals surface area contributed by atoms with Crippen molar-refractivity contribution < 1.29 is 27.4 Å². The Balaban J connectivity index is 0.00000253. The number of carbonyl (C=O) groups excluding carboxylic acids is 1. The Morgan fingerprint density at radius 1 is 1.13 bits per heavy atom. The highest BCUT2D eigenvalue weighted by atomic mass is 32.1. The highest BCUT2D eigenvalue weighted by Gasteiger charge is 2.35. The summed E-state index contributed by atoms with van der Waals surface area (Å²) in [6.45, 7) is 6.84. The van der Waals surface area contributed by atoms with E-state index >= 15 is 0 Å². The van der Waals surface area contributed by atoms with Crippen LogP contribution in [-0.4, -0.2) is 29.0 Å². The lowest BCUT2D eigenvalue weighted by atomic mass is 9.70. The van der Waals surface area contributed by atoms with E-state index in [-0.39, 0.29) is 56.6 Å². The maximum atomic E-state index is 12.5. The van der Waals surface area contributed by atoms with Crippen molar-refractivity contribution in [3.63, 3.8) is 0 Å². The number of hydrogen-bond donors (Lipinski definition) is 1. The van der Waals surface area contributed by atoms with Crippen molar-refractivity contribution in [1.29, 1.82) is 0 Å². The Kier molecular flexibility index (Phi) is 10.5. The van der Waals surface area contributed by atoms with Crippen LogP contribution in [0.1, 0.15) is 58.1 Å². The molecule has 1 heterocycles. The van der Waals surface area contributed by atoms with E-state index in [9.17, 15) is 18.0 Å². The number of nitrogens with zero attached hydrogens (tertiary/aromatic N) is 2. The lowest BCUT2D eigenvalue weighted by Crippen LogP contribution is -2.29. The molecule has 1 fully saturated rings. The zero-order valence-corrected chi connectivity index (χ0v) is 24.0. The van der Waals surface area contributed by atoms with Crippen LogP contribution in [0.15, 0.2) is 42.5 Å². The van der Waals surface area contributed by atoms with E-state index in [0.29, 0.717) is 24.0 Å². The summed E-state index contributed by atoms with van der Waals surface area (Å²) in [5, 5.41) is 3.31. The van der Waals surface area contributed by atoms with Gasteiger partial charge in [-0.3, -0.25) is 4.79 Å². The maximum Gasteiger partial charge on any atom is 0.573 e. The second-order valence-electron chi connectivity index (χ2n) is 10.5. The molecule has 1 aliphatic carbocycles. The number of rotatable bonds is 7. The van der Waals surface area contributed by atoms with Crippen LogP contribution in [0, 0.1) is 11.3 Å². The predicted molar refractivity (Wildman–Crippen MR) is 153 cm³/mol. The Morgan fingerprint density at radius 3 is 2.42 bits per heavy atom. The first-order valence-corrected chi connectivity index (χ1v) is 12.1. The molecule has 0 radical (unpaired) electrons. The number of imidazole rings is 1. The van der Waals surface area contributed by atoms with Crippen LogP contribution in [-0.2, 0) is 16.0 Å². The molecule has 4 rings (SSSR count). The zero-order chi connectivity index (χ0) is 26.1. The van der Waals surface area contributed by atoms with Crippen molar-refractivity contribution >= 4 is 55.6 Å². The molecule has 1 aromatic heterocycles. The summed E-state index contributed by atoms with van der Waals surface area (Å²) >= 11 is 0. The van der Waals surface area contributed by atoms with E-state index in [0.717, 1.165) is 35.9 Å². The van der Waals surface area contributed by atoms with Gasteiger partial charge in [0.15, 0.2) is 0 Å². The molecule has 6 nitrogen and oxygen atoms in total. The molecule has 0 amide bonds. The normalized spacial score (nSPS) is 18.7. The van der Waals surface area contributed by atoms with Crippen LogP contribution in [0.25, 0.3) is 11.0 Å². The van der Waals surface area contributed by atoms with Crippen LogP contribution < -0.4 is 10.1 Å². The highest BCUT2D eigenvalue weighted by Crippen LogP contribution is 2.46. The van der Waals surface area contributed by atoms with Gasteiger partial charge < -0.3 is 19.4 Å². The van der Waals surface area contributed by atoms with Crippen molar-refractivity contribution in [3.05, 3.63) is 48.0 Å². The summed E-state index contributed by atoms with van der Waals surface area (Å²) < 4.78 is 48.6. The number of esters is 1. The number of nitrogens with one attached hydrogen (secondary N) is 1. The fourth-order valence-corrected chi connectivity index (χ4v) is 5.47. The number of carbonyl (C=O) groups is 1. The number of aromatic nitrogens is 2. The van der Waals surface area contributed by atoms with Crippen LogP contribution in [0.2, 0.25) is 0 Å². The zero-order valence-electron chi connectivity index (χ0n) is 22.0. The van der Waals surface area contributed by atoms with Crippen molar-refractivity contribution in [3.8, 4) is 5.75 Å². The second-order valence-corrected chi connectivity index (χ2v) is 10.5. The molecule has 1 N–H and O–H groups in total. The van der Waals surface area contributed by atoms with Gasteiger partial charge in [0.1, 0.15) is 5.75 Å². The van der Waals surface area contributed by atoms with Gasteiger partial charge >= 0.3 is 12.3 Å². The van der Waals surface area contributed by atoms with Crippen LogP contribution in [0.4, 0.5) is 24.8 Å². The average Bonchev–Trinajstić information content (AvgIpc) is 3.13. The molecular formula is C27H36F3N3O3S2. The number of aryl methyl sites for hydroxylation is 1. The minimum atomic E-state index is -4.74. The SMILES string of the molecule is COC(=O)CCc1ccc2c(c1)nc(Nc1ccc(OC(F)(F)F)cc1)n2[C@H]1C[C@@H](C)CC(C)(C)C1.S.S. The predicted octanol–water partition coefficient (Wildman–Crippen LogP) is 7.40. The van der Waals surface area contributed by atoms with Crippen molar-refractivity contribution in [1.82, 2.24) is 9.55 Å². The second kappa shape index (κ2) is 12.5. The van der Waals surface area contributed by atoms with Crippen molar-refractivity contribution in [2.45, 2.75) is 65.3 Å². The van der Waals surface area contributed by atoms with Crippen molar-refractivity contribution in [2.75, 3.05) is 12.4 Å². The number of hydrogen-bond acceptors (Lipinski definition) is 5. The number of anilines is 2. The molecule has 1 saturated carbocycles. The van der Waals surface area contributed by atoms with E-state index in [1.165, 1.54) is 19.2 Å². The summed E-state index contributed by atoms with van der Waals surface area (Å²) in [7, 11) is 1.37. The third kappa shape index (κ3) is 7.99. The third-order valence-electron chi connectivity index (χ3n) is 6.67. The Morgan fingerprint density at radius 2 is 1.82 bits per heavy atom. The van der Waals surface area contributed by atoms with E-state index < -0.39 is 6.36 Å². The summed E-state index contributed by atoms with van der Waals surface area (Å²) in [5.74, 6) is 0.635. The largest absolute Gasteiger partial charge is 0.573 e. The van der Waals surface area contributed by atoms with Crippen LogP contribution in [0.3, 0.4) is 0 Å². The highest BCUT2D eigenvalue weighted by molar-refractivity contribution is 7.59. The molecule has 2 aromatic carbocycles. The molecule has 210 valence electrons. The first kappa shape index (κ1) is 31.7. The number of fused-ring (bicyclic) bond motifs is 1. The summed E-state index contributed by atoms with van der Waals surface area (Å²) in [6, 6.07) is 11.9. The van der Waals surface area contributed by atoms with E-state index in [1.807, 2.05) is 18.2 Å². The molecule has 1 aliphatic rings. The molecule has 0 spiro atoms. The van der Waals surface area contributed by atoms with Crippen LogP contribution >= 0.6 is 27.0 Å². The van der Waals surface area contributed by atoms with Gasteiger partial charge in [-0.05, 0) is 79.0 Å². The van der Waals surface area contributed by atoms with Gasteiger partial charge in [-0.2, -0.15) is 27.0 Å². The standard InChI is InChI=1S/C27H32F3N3O3.2H2S/c1-17-13-20(16-26(2,3)15-17)33-23-11-5-18(6-12-24(34)35-4)14-22(23)32-25(33)31-19-7-9-21(10-8-19)36-27(28,29)30;;/h5,7-11,14,17,20H,6,12-13,15-16H2,1-4H3,(H,31,32);2*1H2/t17-,20+;;/m1../s1. The minimum absolute atomic E-state index is 0. The smallest absolute Gasteiger partial charge is 0.469 e.